The number of pyridine rings is 1. The van der Waals surface area contributed by atoms with Crippen molar-refractivity contribution in [2.24, 2.45) is 0 Å². The summed E-state index contributed by atoms with van der Waals surface area (Å²) in [5.41, 5.74) is 6.58. The van der Waals surface area contributed by atoms with Gasteiger partial charge in [-0.1, -0.05) is 0 Å². The second-order valence-electron chi connectivity index (χ2n) is 4.33. The molecule has 0 aliphatic rings. The van der Waals surface area contributed by atoms with Crippen molar-refractivity contribution in [3.8, 4) is 0 Å². The number of nitrogens with two attached hydrogens (primary N) is 1. The third kappa shape index (κ3) is 3.57. The Morgan fingerprint density at radius 3 is 2.79 bits per heavy atom. The summed E-state index contributed by atoms with van der Waals surface area (Å²) in [5, 5.41) is 9.10. The minimum atomic E-state index is -0.462. The van der Waals surface area contributed by atoms with Crippen LogP contribution in [-0.4, -0.2) is 41.9 Å². The SMILES string of the molecule is CCOC(=O)c1ccnc(N(CCO)C(C)C)c1N. The topological polar surface area (TPSA) is 88.7 Å². The molecule has 1 heterocycles. The first-order valence-electron chi connectivity index (χ1n) is 6.32. The number of carbonyl (C=O) groups is 1. The zero-order chi connectivity index (χ0) is 14.4. The number of anilines is 2. The van der Waals surface area contributed by atoms with E-state index in [9.17, 15) is 4.79 Å². The Kier molecular flexibility index (Phi) is 5.57. The predicted molar refractivity (Wildman–Crippen MR) is 74.2 cm³/mol. The fourth-order valence-electron chi connectivity index (χ4n) is 1.79. The van der Waals surface area contributed by atoms with Crippen LogP contribution < -0.4 is 10.6 Å². The number of nitrogens with zero attached hydrogens (tertiary/aromatic N) is 2. The molecule has 0 amide bonds. The maximum atomic E-state index is 11.8. The van der Waals surface area contributed by atoms with Crippen molar-refractivity contribution < 1.29 is 14.6 Å². The summed E-state index contributed by atoms with van der Waals surface area (Å²) in [4.78, 5) is 17.8. The summed E-state index contributed by atoms with van der Waals surface area (Å²) < 4.78 is 4.95. The lowest BCUT2D eigenvalue weighted by molar-refractivity contribution is 0.0527. The van der Waals surface area contributed by atoms with Crippen LogP contribution >= 0.6 is 0 Å². The summed E-state index contributed by atoms with van der Waals surface area (Å²) in [7, 11) is 0. The Balaban J connectivity index is 3.14. The second-order valence-corrected chi connectivity index (χ2v) is 4.33. The molecule has 0 atom stereocenters. The Labute approximate surface area is 113 Å². The summed E-state index contributed by atoms with van der Waals surface area (Å²) in [5.74, 6) is 0.0333. The normalized spacial score (nSPS) is 10.6. The molecule has 6 heteroatoms. The number of esters is 1. The van der Waals surface area contributed by atoms with Gasteiger partial charge in [-0.15, -0.1) is 0 Å². The molecule has 0 aliphatic heterocycles. The highest BCUT2D eigenvalue weighted by Gasteiger charge is 2.20. The maximum Gasteiger partial charge on any atom is 0.340 e. The van der Waals surface area contributed by atoms with Crippen LogP contribution in [0.4, 0.5) is 11.5 Å². The van der Waals surface area contributed by atoms with E-state index >= 15 is 0 Å². The Morgan fingerprint density at radius 1 is 1.58 bits per heavy atom. The van der Waals surface area contributed by atoms with Crippen molar-refractivity contribution in [1.82, 2.24) is 4.98 Å². The standard InChI is InChI=1S/C13H21N3O3/c1-4-19-13(18)10-5-6-15-12(11(10)14)16(7-8-17)9(2)3/h5-6,9,17H,4,7-8,14H2,1-3H3. The highest BCUT2D eigenvalue weighted by Crippen LogP contribution is 2.25. The van der Waals surface area contributed by atoms with Crippen molar-refractivity contribution >= 4 is 17.5 Å². The zero-order valence-corrected chi connectivity index (χ0v) is 11.6. The van der Waals surface area contributed by atoms with Crippen molar-refractivity contribution in [2.45, 2.75) is 26.8 Å². The molecule has 0 aromatic carbocycles. The van der Waals surface area contributed by atoms with E-state index in [1.54, 1.807) is 6.92 Å². The number of hydrogen-bond donors (Lipinski definition) is 2. The number of nitrogen functional groups attached to an aromatic ring is 1. The average molecular weight is 267 g/mol. The molecule has 0 unspecified atom stereocenters. The van der Waals surface area contributed by atoms with Crippen LogP contribution in [0.3, 0.4) is 0 Å². The molecule has 6 nitrogen and oxygen atoms in total. The van der Waals surface area contributed by atoms with Gasteiger partial charge in [0.25, 0.3) is 0 Å². The van der Waals surface area contributed by atoms with Gasteiger partial charge >= 0.3 is 5.97 Å². The van der Waals surface area contributed by atoms with E-state index in [0.29, 0.717) is 24.5 Å². The molecule has 0 spiro atoms. The van der Waals surface area contributed by atoms with Gasteiger partial charge in [0.2, 0.25) is 0 Å². The van der Waals surface area contributed by atoms with Crippen LogP contribution in [0, 0.1) is 0 Å². The third-order valence-electron chi connectivity index (χ3n) is 2.70. The lowest BCUT2D eigenvalue weighted by Crippen LogP contribution is -2.35. The second kappa shape index (κ2) is 6.94. The van der Waals surface area contributed by atoms with E-state index in [1.807, 2.05) is 18.7 Å². The number of hydrogen-bond acceptors (Lipinski definition) is 6. The van der Waals surface area contributed by atoms with Gasteiger partial charge in [0.05, 0.1) is 24.5 Å². The molecule has 0 radical (unpaired) electrons. The molecular weight excluding hydrogens is 246 g/mol. The minimum Gasteiger partial charge on any atom is -0.462 e. The molecule has 0 fully saturated rings. The number of aromatic nitrogens is 1. The molecule has 19 heavy (non-hydrogen) atoms. The van der Waals surface area contributed by atoms with Crippen molar-refractivity contribution in [1.29, 1.82) is 0 Å². The van der Waals surface area contributed by atoms with Gasteiger partial charge in [-0.05, 0) is 26.8 Å². The van der Waals surface area contributed by atoms with Gasteiger partial charge in [-0.25, -0.2) is 9.78 Å². The molecule has 0 saturated carbocycles. The Bertz CT molecular complexity index is 435. The van der Waals surface area contributed by atoms with E-state index < -0.39 is 5.97 Å². The van der Waals surface area contributed by atoms with Crippen LogP contribution in [0.5, 0.6) is 0 Å². The van der Waals surface area contributed by atoms with E-state index in [-0.39, 0.29) is 18.3 Å². The highest BCUT2D eigenvalue weighted by atomic mass is 16.5. The molecule has 0 bridgehead atoms. The first kappa shape index (κ1) is 15.2. The summed E-state index contributed by atoms with van der Waals surface area (Å²) >= 11 is 0. The molecule has 1 aromatic heterocycles. The van der Waals surface area contributed by atoms with Crippen LogP contribution in [0.1, 0.15) is 31.1 Å². The van der Waals surface area contributed by atoms with E-state index in [0.717, 1.165) is 0 Å². The van der Waals surface area contributed by atoms with Gasteiger partial charge in [0, 0.05) is 18.8 Å². The van der Waals surface area contributed by atoms with Gasteiger partial charge < -0.3 is 20.5 Å². The summed E-state index contributed by atoms with van der Waals surface area (Å²) in [6.07, 6.45) is 1.52. The molecule has 0 saturated heterocycles. The molecule has 1 aromatic rings. The molecule has 1 rings (SSSR count). The first-order valence-corrected chi connectivity index (χ1v) is 6.32. The fraction of sp³-hybridized carbons (Fsp3) is 0.538. The van der Waals surface area contributed by atoms with Crippen LogP contribution in [-0.2, 0) is 4.74 Å². The van der Waals surface area contributed by atoms with Crippen molar-refractivity contribution in [3.05, 3.63) is 17.8 Å². The van der Waals surface area contributed by atoms with Gasteiger partial charge in [-0.3, -0.25) is 0 Å². The lowest BCUT2D eigenvalue weighted by atomic mass is 10.2. The number of aliphatic hydroxyl groups is 1. The molecular formula is C13H21N3O3. The quantitative estimate of drug-likeness (QED) is 0.749. The minimum absolute atomic E-state index is 0.0110. The molecule has 0 aliphatic carbocycles. The monoisotopic (exact) mass is 267 g/mol. The fourth-order valence-corrected chi connectivity index (χ4v) is 1.79. The van der Waals surface area contributed by atoms with Crippen LogP contribution in [0.25, 0.3) is 0 Å². The van der Waals surface area contributed by atoms with E-state index in [1.165, 1.54) is 12.3 Å². The Hall–Kier alpha value is -1.82. The lowest BCUT2D eigenvalue weighted by Gasteiger charge is -2.28. The Morgan fingerprint density at radius 2 is 2.26 bits per heavy atom. The number of aliphatic hydroxyl groups excluding tert-OH is 1. The van der Waals surface area contributed by atoms with Gasteiger partial charge in [0.15, 0.2) is 5.82 Å². The molecule has 106 valence electrons. The van der Waals surface area contributed by atoms with Crippen LogP contribution in [0.15, 0.2) is 12.3 Å². The summed E-state index contributed by atoms with van der Waals surface area (Å²) in [6, 6.07) is 1.65. The number of ether oxygens (including phenoxy) is 1. The number of carbonyl (C=O) groups excluding carboxylic acids is 1. The molecule has 3 N–H and O–H groups in total. The summed E-state index contributed by atoms with van der Waals surface area (Å²) in [6.45, 7) is 6.36. The maximum absolute atomic E-state index is 11.8. The van der Waals surface area contributed by atoms with Crippen molar-refractivity contribution in [3.63, 3.8) is 0 Å². The number of rotatable bonds is 6. The first-order chi connectivity index (χ1) is 9.02. The predicted octanol–water partition coefficient (Wildman–Crippen LogP) is 1.05. The van der Waals surface area contributed by atoms with Gasteiger partial charge in [-0.2, -0.15) is 0 Å². The van der Waals surface area contributed by atoms with E-state index in [2.05, 4.69) is 4.98 Å². The smallest absolute Gasteiger partial charge is 0.340 e. The van der Waals surface area contributed by atoms with E-state index in [4.69, 9.17) is 15.6 Å². The average Bonchev–Trinajstić information content (AvgIpc) is 2.36. The largest absolute Gasteiger partial charge is 0.462 e. The van der Waals surface area contributed by atoms with Crippen molar-refractivity contribution in [2.75, 3.05) is 30.4 Å². The van der Waals surface area contributed by atoms with Gasteiger partial charge in [0.1, 0.15) is 0 Å². The van der Waals surface area contributed by atoms with Crippen LogP contribution in [0.2, 0.25) is 0 Å². The zero-order valence-electron chi connectivity index (χ0n) is 11.6. The highest BCUT2D eigenvalue weighted by molar-refractivity contribution is 5.97. The third-order valence-corrected chi connectivity index (χ3v) is 2.70.